The number of hydrogen-bond acceptors (Lipinski definition) is 3. The number of hydrogen-bond donors (Lipinski definition) is 0. The van der Waals surface area contributed by atoms with Crippen LogP contribution < -0.4 is 0 Å². The maximum Gasteiger partial charge on any atom is 0.158 e. The number of carbonyl (C=O) groups excluding carboxylic acids is 1. The second kappa shape index (κ2) is 7.09. The van der Waals surface area contributed by atoms with Crippen molar-refractivity contribution in [1.82, 2.24) is 0 Å². The van der Waals surface area contributed by atoms with Gasteiger partial charge in [-0.3, -0.25) is 4.79 Å². The van der Waals surface area contributed by atoms with Gasteiger partial charge in [-0.05, 0) is 6.26 Å². The van der Waals surface area contributed by atoms with E-state index in [1.807, 2.05) is 13.2 Å². The lowest BCUT2D eigenvalue weighted by Gasteiger charge is -1.99. The summed E-state index contributed by atoms with van der Waals surface area (Å²) in [6.45, 7) is 2.82. The molecule has 0 aliphatic carbocycles. The third kappa shape index (κ3) is 6.11. The summed E-state index contributed by atoms with van der Waals surface area (Å²) >= 11 is 1.72. The van der Waals surface area contributed by atoms with Crippen LogP contribution in [0.1, 0.15) is 13.3 Å². The molecule has 0 fully saturated rings. The van der Waals surface area contributed by atoms with E-state index in [2.05, 4.69) is 0 Å². The van der Waals surface area contributed by atoms with Gasteiger partial charge in [0, 0.05) is 12.2 Å². The van der Waals surface area contributed by atoms with Crippen molar-refractivity contribution in [3.8, 4) is 0 Å². The minimum absolute atomic E-state index is 0.182. The van der Waals surface area contributed by atoms with Crippen LogP contribution in [0.2, 0.25) is 0 Å². The predicted octanol–water partition coefficient (Wildman–Crippen LogP) is 1.35. The molecule has 0 radical (unpaired) electrons. The van der Waals surface area contributed by atoms with E-state index in [9.17, 15) is 4.79 Å². The van der Waals surface area contributed by atoms with Gasteiger partial charge in [0.05, 0.1) is 6.61 Å². The van der Waals surface area contributed by atoms with Crippen molar-refractivity contribution in [1.29, 1.82) is 0 Å². The summed E-state index contributed by atoms with van der Waals surface area (Å²) in [5.74, 6) is 1.15. The van der Waals surface area contributed by atoms with Gasteiger partial charge < -0.3 is 4.74 Å². The first-order chi connectivity index (χ1) is 4.81. The number of carbonyl (C=O) groups is 1. The monoisotopic (exact) mass is 162 g/mol. The van der Waals surface area contributed by atoms with E-state index in [0.717, 1.165) is 5.75 Å². The second-order valence-corrected chi connectivity index (χ2v) is 2.92. The van der Waals surface area contributed by atoms with Crippen molar-refractivity contribution in [2.45, 2.75) is 13.3 Å². The molecule has 0 aliphatic rings. The fourth-order valence-electron chi connectivity index (χ4n) is 0.430. The number of thioether (sulfide) groups is 1. The Bertz CT molecular complexity index is 93.6. The zero-order valence-corrected chi connectivity index (χ0v) is 7.37. The maximum atomic E-state index is 10.6. The van der Waals surface area contributed by atoms with Gasteiger partial charge in [-0.15, -0.1) is 0 Å². The number of rotatable bonds is 6. The number of ether oxygens (including phenoxy) is 1. The number of Topliss-reactive ketones (excluding diaryl/α,β-unsaturated/α-hetero) is 1. The first-order valence-corrected chi connectivity index (χ1v) is 4.79. The highest BCUT2D eigenvalue weighted by molar-refractivity contribution is 7.98. The van der Waals surface area contributed by atoms with Crippen LogP contribution in [0.5, 0.6) is 0 Å². The summed E-state index contributed by atoms with van der Waals surface area (Å²) < 4.78 is 5.06. The third-order valence-corrected chi connectivity index (χ3v) is 1.66. The van der Waals surface area contributed by atoms with Crippen molar-refractivity contribution in [3.05, 3.63) is 0 Å². The minimum Gasteiger partial charge on any atom is -0.373 e. The molecule has 0 aromatic heterocycles. The van der Waals surface area contributed by atoms with E-state index in [1.54, 1.807) is 11.8 Å². The van der Waals surface area contributed by atoms with Gasteiger partial charge in [-0.25, -0.2) is 0 Å². The van der Waals surface area contributed by atoms with E-state index in [4.69, 9.17) is 4.74 Å². The molecule has 0 saturated carbocycles. The lowest BCUT2D eigenvalue weighted by Crippen LogP contribution is -2.08. The molecule has 0 atom stereocenters. The first kappa shape index (κ1) is 9.98. The van der Waals surface area contributed by atoms with Crippen molar-refractivity contribution in [2.24, 2.45) is 0 Å². The van der Waals surface area contributed by atoms with Crippen LogP contribution in [0.3, 0.4) is 0 Å². The van der Waals surface area contributed by atoms with E-state index >= 15 is 0 Å². The van der Waals surface area contributed by atoms with Gasteiger partial charge in [0.25, 0.3) is 0 Å². The number of ketones is 1. The maximum absolute atomic E-state index is 10.6. The van der Waals surface area contributed by atoms with Crippen LogP contribution in [0.25, 0.3) is 0 Å². The van der Waals surface area contributed by atoms with Gasteiger partial charge in [0.15, 0.2) is 5.78 Å². The molecule has 3 heteroatoms. The van der Waals surface area contributed by atoms with Gasteiger partial charge in [-0.2, -0.15) is 11.8 Å². The van der Waals surface area contributed by atoms with E-state index in [1.165, 1.54) is 0 Å². The Kier molecular flexibility index (Phi) is 7.08. The third-order valence-electron chi connectivity index (χ3n) is 1.09. The van der Waals surface area contributed by atoms with Crippen LogP contribution in [-0.4, -0.2) is 31.0 Å². The second-order valence-electron chi connectivity index (χ2n) is 1.94. The molecule has 0 aromatic rings. The molecule has 0 unspecified atom stereocenters. The Labute approximate surface area is 66.3 Å². The molecule has 2 nitrogen and oxygen atoms in total. The molecule has 0 heterocycles. The normalized spacial score (nSPS) is 9.80. The molecule has 10 heavy (non-hydrogen) atoms. The molecule has 60 valence electrons. The topological polar surface area (TPSA) is 26.3 Å². The Morgan fingerprint density at radius 3 is 2.80 bits per heavy atom. The Morgan fingerprint density at radius 2 is 2.30 bits per heavy atom. The van der Waals surface area contributed by atoms with E-state index in [0.29, 0.717) is 13.0 Å². The van der Waals surface area contributed by atoms with Crippen LogP contribution in [-0.2, 0) is 9.53 Å². The van der Waals surface area contributed by atoms with Crippen molar-refractivity contribution in [2.75, 3.05) is 25.2 Å². The molecule has 0 rings (SSSR count). The van der Waals surface area contributed by atoms with Gasteiger partial charge in [-0.1, -0.05) is 6.92 Å². The summed E-state index contributed by atoms with van der Waals surface area (Å²) in [5.41, 5.74) is 0. The molecule has 0 aliphatic heterocycles. The van der Waals surface area contributed by atoms with Crippen LogP contribution in [0.4, 0.5) is 0 Å². The Hall–Kier alpha value is -0.0200. The summed E-state index contributed by atoms with van der Waals surface area (Å²) in [6.07, 6.45) is 2.60. The fourth-order valence-corrected chi connectivity index (χ4v) is 0.715. The molecule has 0 N–H and O–H groups in total. The summed E-state index contributed by atoms with van der Waals surface area (Å²) in [4.78, 5) is 10.6. The summed E-state index contributed by atoms with van der Waals surface area (Å²) in [6, 6.07) is 0. The molecule has 0 saturated heterocycles. The van der Waals surface area contributed by atoms with Crippen LogP contribution in [0.15, 0.2) is 0 Å². The summed E-state index contributed by atoms with van der Waals surface area (Å²) in [7, 11) is 0. The highest BCUT2D eigenvalue weighted by Crippen LogP contribution is 1.91. The average molecular weight is 162 g/mol. The first-order valence-electron chi connectivity index (χ1n) is 3.39. The van der Waals surface area contributed by atoms with Gasteiger partial charge >= 0.3 is 0 Å². The van der Waals surface area contributed by atoms with Crippen LogP contribution in [0, 0.1) is 0 Å². The molecule has 0 bridgehead atoms. The zero-order valence-electron chi connectivity index (χ0n) is 6.55. The zero-order chi connectivity index (χ0) is 7.82. The molecular formula is C7H14O2S. The highest BCUT2D eigenvalue weighted by atomic mass is 32.2. The van der Waals surface area contributed by atoms with Crippen molar-refractivity contribution in [3.63, 3.8) is 0 Å². The quantitative estimate of drug-likeness (QED) is 0.551. The summed E-state index contributed by atoms with van der Waals surface area (Å²) in [5, 5.41) is 0. The largest absolute Gasteiger partial charge is 0.373 e. The lowest BCUT2D eigenvalue weighted by atomic mass is 10.3. The van der Waals surface area contributed by atoms with E-state index in [-0.39, 0.29) is 12.4 Å². The molecule has 0 spiro atoms. The Morgan fingerprint density at radius 1 is 1.60 bits per heavy atom. The smallest absolute Gasteiger partial charge is 0.158 e. The van der Waals surface area contributed by atoms with Gasteiger partial charge in [0.2, 0.25) is 0 Å². The lowest BCUT2D eigenvalue weighted by molar-refractivity contribution is -0.123. The molecule has 0 amide bonds. The fraction of sp³-hybridized carbons (Fsp3) is 0.857. The van der Waals surface area contributed by atoms with Crippen LogP contribution >= 0.6 is 11.8 Å². The average Bonchev–Trinajstić information content (AvgIpc) is 1.98. The predicted molar refractivity (Wildman–Crippen MR) is 44.5 cm³/mol. The molecular weight excluding hydrogens is 148 g/mol. The van der Waals surface area contributed by atoms with E-state index < -0.39 is 0 Å². The highest BCUT2D eigenvalue weighted by Gasteiger charge is 1.95. The minimum atomic E-state index is 0.182. The van der Waals surface area contributed by atoms with Crippen molar-refractivity contribution >= 4 is 17.5 Å². The standard InChI is InChI=1S/C7H14O2S/c1-3-7(8)6-9-4-5-10-2/h3-6H2,1-2H3. The Balaban J connectivity index is 2.96. The van der Waals surface area contributed by atoms with Crippen molar-refractivity contribution < 1.29 is 9.53 Å². The molecule has 0 aromatic carbocycles. The van der Waals surface area contributed by atoms with Gasteiger partial charge in [0.1, 0.15) is 6.61 Å². The SMILES string of the molecule is CCC(=O)COCCSC.